The summed E-state index contributed by atoms with van der Waals surface area (Å²) in [5, 5.41) is 6.34. The Labute approximate surface area is 177 Å². The number of thiophene rings is 1. The Kier molecular flexibility index (Phi) is 5.24. The van der Waals surface area contributed by atoms with Crippen molar-refractivity contribution in [2.45, 2.75) is 59.9 Å². The number of hydrogen-bond donors (Lipinski definition) is 1. The molecule has 1 N–H and O–H groups in total. The molecule has 1 aliphatic rings. The van der Waals surface area contributed by atoms with Crippen molar-refractivity contribution < 1.29 is 4.79 Å². The molecule has 0 radical (unpaired) electrons. The summed E-state index contributed by atoms with van der Waals surface area (Å²) in [6, 6.07) is 10.5. The second-order valence-electron chi connectivity index (χ2n) is 9.57. The molecule has 29 heavy (non-hydrogen) atoms. The molecule has 1 aromatic carbocycles. The molecule has 1 amide bonds. The number of rotatable bonds is 3. The predicted octanol–water partition coefficient (Wildman–Crippen LogP) is 6.52. The zero-order valence-corrected chi connectivity index (χ0v) is 18.8. The van der Waals surface area contributed by atoms with Crippen LogP contribution >= 0.6 is 11.3 Å². The van der Waals surface area contributed by atoms with E-state index in [0.717, 1.165) is 39.9 Å². The molecule has 2 aromatic heterocycles. The van der Waals surface area contributed by atoms with E-state index in [4.69, 9.17) is 4.98 Å². The molecular formula is C25H30N2OS. The van der Waals surface area contributed by atoms with Crippen LogP contribution in [0.15, 0.2) is 35.7 Å². The molecule has 4 heteroatoms. The Morgan fingerprint density at radius 1 is 1.17 bits per heavy atom. The fourth-order valence-corrected chi connectivity index (χ4v) is 5.63. The highest BCUT2D eigenvalue weighted by atomic mass is 32.1. The van der Waals surface area contributed by atoms with Crippen molar-refractivity contribution in [2.75, 3.05) is 0 Å². The summed E-state index contributed by atoms with van der Waals surface area (Å²) in [5.41, 5.74) is 5.15. The maximum atomic E-state index is 13.4. The number of aromatic nitrogens is 1. The first-order valence-corrected chi connectivity index (χ1v) is 11.4. The van der Waals surface area contributed by atoms with Crippen LogP contribution in [0.25, 0.3) is 21.5 Å². The van der Waals surface area contributed by atoms with E-state index in [1.807, 2.05) is 17.5 Å². The first-order chi connectivity index (χ1) is 13.7. The van der Waals surface area contributed by atoms with Gasteiger partial charge in [0.25, 0.3) is 5.91 Å². The molecular weight excluding hydrogens is 376 g/mol. The van der Waals surface area contributed by atoms with Gasteiger partial charge < -0.3 is 5.32 Å². The number of nitrogens with zero attached hydrogens (tertiary/aromatic N) is 1. The van der Waals surface area contributed by atoms with Gasteiger partial charge in [-0.25, -0.2) is 4.98 Å². The zero-order chi connectivity index (χ0) is 20.8. The molecule has 4 rings (SSSR count). The molecule has 1 fully saturated rings. The Morgan fingerprint density at radius 3 is 2.62 bits per heavy atom. The number of pyridine rings is 1. The summed E-state index contributed by atoms with van der Waals surface area (Å²) < 4.78 is 0. The Morgan fingerprint density at radius 2 is 1.93 bits per heavy atom. The van der Waals surface area contributed by atoms with E-state index in [9.17, 15) is 4.79 Å². The summed E-state index contributed by atoms with van der Waals surface area (Å²) in [6.07, 6.45) is 3.30. The van der Waals surface area contributed by atoms with Gasteiger partial charge in [0.1, 0.15) is 0 Å². The SMILES string of the molecule is Cc1cc2nc(-c3cccs3)cc(C(=O)N[C@@H]3C[C@H](C)CC(C)(C)C3)c2cc1C. The van der Waals surface area contributed by atoms with Gasteiger partial charge in [-0.2, -0.15) is 0 Å². The van der Waals surface area contributed by atoms with Gasteiger partial charge in [0.05, 0.1) is 21.7 Å². The lowest BCUT2D eigenvalue weighted by molar-refractivity contribution is 0.0876. The van der Waals surface area contributed by atoms with Crippen molar-refractivity contribution in [3.63, 3.8) is 0 Å². The number of amides is 1. The van der Waals surface area contributed by atoms with Crippen LogP contribution in [0, 0.1) is 25.2 Å². The molecule has 0 saturated heterocycles. The molecule has 3 aromatic rings. The third-order valence-electron chi connectivity index (χ3n) is 6.16. The smallest absolute Gasteiger partial charge is 0.252 e. The number of nitrogens with one attached hydrogen (secondary N) is 1. The summed E-state index contributed by atoms with van der Waals surface area (Å²) in [5.74, 6) is 0.651. The lowest BCUT2D eigenvalue weighted by Crippen LogP contribution is -2.43. The third-order valence-corrected chi connectivity index (χ3v) is 7.06. The lowest BCUT2D eigenvalue weighted by atomic mass is 9.70. The maximum absolute atomic E-state index is 13.4. The van der Waals surface area contributed by atoms with Gasteiger partial charge >= 0.3 is 0 Å². The van der Waals surface area contributed by atoms with E-state index in [1.165, 1.54) is 17.5 Å². The summed E-state index contributed by atoms with van der Waals surface area (Å²) in [6.45, 7) is 11.1. The van der Waals surface area contributed by atoms with Crippen molar-refractivity contribution in [1.82, 2.24) is 10.3 Å². The molecule has 3 nitrogen and oxygen atoms in total. The molecule has 0 bridgehead atoms. The molecule has 0 aliphatic heterocycles. The second kappa shape index (κ2) is 7.56. The highest BCUT2D eigenvalue weighted by Crippen LogP contribution is 2.38. The maximum Gasteiger partial charge on any atom is 0.252 e. The first kappa shape index (κ1) is 20.1. The van der Waals surface area contributed by atoms with Gasteiger partial charge in [-0.1, -0.05) is 26.8 Å². The number of fused-ring (bicyclic) bond motifs is 1. The molecule has 1 saturated carbocycles. The number of aryl methyl sites for hydroxylation is 2. The van der Waals surface area contributed by atoms with Gasteiger partial charge in [-0.05, 0) is 85.2 Å². The number of carbonyl (C=O) groups excluding carboxylic acids is 1. The van der Waals surface area contributed by atoms with E-state index >= 15 is 0 Å². The summed E-state index contributed by atoms with van der Waals surface area (Å²) in [4.78, 5) is 19.4. The minimum Gasteiger partial charge on any atom is -0.349 e. The first-order valence-electron chi connectivity index (χ1n) is 10.5. The van der Waals surface area contributed by atoms with Crippen molar-refractivity contribution in [2.24, 2.45) is 11.3 Å². The number of benzene rings is 1. The van der Waals surface area contributed by atoms with Crippen LogP contribution in [0.1, 0.15) is 61.5 Å². The van der Waals surface area contributed by atoms with Crippen LogP contribution < -0.4 is 5.32 Å². The topological polar surface area (TPSA) is 42.0 Å². The van der Waals surface area contributed by atoms with Crippen molar-refractivity contribution in [3.05, 3.63) is 52.4 Å². The number of carbonyl (C=O) groups is 1. The highest BCUT2D eigenvalue weighted by molar-refractivity contribution is 7.13. The molecule has 2 heterocycles. The van der Waals surface area contributed by atoms with Crippen LogP contribution in [-0.4, -0.2) is 16.9 Å². The molecule has 2 atom stereocenters. The fourth-order valence-electron chi connectivity index (χ4n) is 4.94. The van der Waals surface area contributed by atoms with Gasteiger partial charge in [0.2, 0.25) is 0 Å². The average Bonchev–Trinajstić information content (AvgIpc) is 3.14. The Bertz CT molecular complexity index is 1050. The largest absolute Gasteiger partial charge is 0.349 e. The van der Waals surface area contributed by atoms with Gasteiger partial charge in [-0.15, -0.1) is 11.3 Å². The average molecular weight is 407 g/mol. The standard InChI is InChI=1S/C25H30N2OS/c1-15-9-18(14-25(4,5)13-15)26-24(28)20-12-22(23-7-6-8-29-23)27-21-11-17(3)16(2)10-19(20)21/h6-8,10-12,15,18H,9,13-14H2,1-5H3,(H,26,28)/t15-,18+/m0/s1. The molecule has 0 unspecified atom stereocenters. The summed E-state index contributed by atoms with van der Waals surface area (Å²) in [7, 11) is 0. The summed E-state index contributed by atoms with van der Waals surface area (Å²) >= 11 is 1.65. The highest BCUT2D eigenvalue weighted by Gasteiger charge is 2.33. The van der Waals surface area contributed by atoms with Crippen LogP contribution in [0.3, 0.4) is 0 Å². The second-order valence-corrected chi connectivity index (χ2v) is 10.5. The minimum absolute atomic E-state index is 0.0216. The van der Waals surface area contributed by atoms with Gasteiger partial charge in [-0.3, -0.25) is 4.79 Å². The van der Waals surface area contributed by atoms with Crippen molar-refractivity contribution in [3.8, 4) is 10.6 Å². The van der Waals surface area contributed by atoms with E-state index in [2.05, 4.69) is 58.1 Å². The van der Waals surface area contributed by atoms with Gasteiger partial charge in [0, 0.05) is 11.4 Å². The number of hydrogen-bond acceptors (Lipinski definition) is 3. The molecule has 1 aliphatic carbocycles. The fraction of sp³-hybridized carbons (Fsp3) is 0.440. The predicted molar refractivity (Wildman–Crippen MR) is 123 cm³/mol. The van der Waals surface area contributed by atoms with E-state index < -0.39 is 0 Å². The van der Waals surface area contributed by atoms with E-state index in [1.54, 1.807) is 11.3 Å². The van der Waals surface area contributed by atoms with Crippen LogP contribution in [0.4, 0.5) is 0 Å². The van der Waals surface area contributed by atoms with Crippen molar-refractivity contribution in [1.29, 1.82) is 0 Å². The van der Waals surface area contributed by atoms with Crippen LogP contribution in [0.5, 0.6) is 0 Å². The third kappa shape index (κ3) is 4.23. The monoisotopic (exact) mass is 406 g/mol. The lowest BCUT2D eigenvalue weighted by Gasteiger charge is -2.39. The van der Waals surface area contributed by atoms with E-state index in [-0.39, 0.29) is 17.4 Å². The minimum atomic E-state index is 0.0216. The van der Waals surface area contributed by atoms with Gasteiger partial charge in [0.15, 0.2) is 0 Å². The quantitative estimate of drug-likeness (QED) is 0.537. The van der Waals surface area contributed by atoms with E-state index in [0.29, 0.717) is 5.92 Å². The normalized spacial score (nSPS) is 21.3. The Hall–Kier alpha value is -2.20. The molecule has 152 valence electrons. The molecule has 0 spiro atoms. The van der Waals surface area contributed by atoms with Crippen molar-refractivity contribution >= 4 is 28.1 Å². The van der Waals surface area contributed by atoms with Crippen LogP contribution in [0.2, 0.25) is 0 Å². The zero-order valence-electron chi connectivity index (χ0n) is 18.0. The Balaban J connectivity index is 1.75. The van der Waals surface area contributed by atoms with Crippen LogP contribution in [-0.2, 0) is 0 Å².